The average molecular weight is 569 g/mol. The number of rotatable bonds is 11. The second-order valence-electron chi connectivity index (χ2n) is 10.9. The van der Waals surface area contributed by atoms with Crippen LogP contribution in [0.2, 0.25) is 0 Å². The van der Waals surface area contributed by atoms with E-state index in [0.29, 0.717) is 30.2 Å². The summed E-state index contributed by atoms with van der Waals surface area (Å²) < 4.78 is 22.9. The molecule has 5 rings (SSSR count). The monoisotopic (exact) mass is 568 g/mol. The minimum absolute atomic E-state index is 0.000730. The lowest BCUT2D eigenvalue weighted by atomic mass is 9.88. The van der Waals surface area contributed by atoms with Crippen molar-refractivity contribution < 1.29 is 23.7 Å². The van der Waals surface area contributed by atoms with Gasteiger partial charge in [-0.2, -0.15) is 0 Å². The largest absolute Gasteiger partial charge is 0.493 e. The molecule has 1 atom stereocenters. The van der Waals surface area contributed by atoms with E-state index in [4.69, 9.17) is 18.9 Å². The Labute approximate surface area is 248 Å². The van der Waals surface area contributed by atoms with E-state index in [-0.39, 0.29) is 24.6 Å². The molecule has 1 amide bonds. The van der Waals surface area contributed by atoms with Gasteiger partial charge in [0.1, 0.15) is 0 Å². The third-order valence-corrected chi connectivity index (χ3v) is 7.84. The van der Waals surface area contributed by atoms with Crippen molar-refractivity contribution in [2.24, 2.45) is 0 Å². The van der Waals surface area contributed by atoms with E-state index in [1.54, 1.807) is 21.3 Å². The Kier molecular flexibility index (Phi) is 9.18. The fourth-order valence-electron chi connectivity index (χ4n) is 5.81. The molecule has 1 N–H and O–H groups in total. The van der Waals surface area contributed by atoms with Crippen LogP contribution < -0.4 is 24.3 Å². The summed E-state index contributed by atoms with van der Waals surface area (Å²) in [4.78, 5) is 15.7. The molecule has 0 aromatic heterocycles. The van der Waals surface area contributed by atoms with Crippen LogP contribution in [0.4, 0.5) is 0 Å². The lowest BCUT2D eigenvalue weighted by Gasteiger charge is -2.37. The maximum Gasteiger partial charge on any atom is 0.234 e. The molecule has 0 saturated carbocycles. The van der Waals surface area contributed by atoms with Crippen LogP contribution >= 0.6 is 0 Å². The van der Waals surface area contributed by atoms with E-state index < -0.39 is 0 Å². The quantitative estimate of drug-likeness (QED) is 0.235. The molecule has 220 valence electrons. The van der Waals surface area contributed by atoms with Gasteiger partial charge in [-0.25, -0.2) is 0 Å². The predicted octanol–water partition coefficient (Wildman–Crippen LogP) is 6.11. The first-order valence-electron chi connectivity index (χ1n) is 14.5. The summed E-state index contributed by atoms with van der Waals surface area (Å²) >= 11 is 0. The molecule has 0 fully saturated rings. The zero-order valence-electron chi connectivity index (χ0n) is 25.1. The van der Waals surface area contributed by atoms with Crippen LogP contribution in [0.25, 0.3) is 10.8 Å². The Hall–Kier alpha value is -4.23. The van der Waals surface area contributed by atoms with Crippen LogP contribution in [0.5, 0.6) is 23.0 Å². The summed E-state index contributed by atoms with van der Waals surface area (Å²) in [6.07, 6.45) is 1.50. The summed E-state index contributed by atoms with van der Waals surface area (Å²) in [5, 5.41) is 5.50. The van der Waals surface area contributed by atoms with E-state index in [0.717, 1.165) is 40.8 Å². The second-order valence-corrected chi connectivity index (χ2v) is 10.9. The van der Waals surface area contributed by atoms with Crippen molar-refractivity contribution in [2.75, 3.05) is 34.4 Å². The SMILES string of the molecule is COc1ccc(CC2c3cc(OC(C)C)c(OC)cc3CCN2CC(=O)NCc2cccc3ccccc23)cc1OC. The minimum atomic E-state index is -0.0458. The fraction of sp³-hybridized carbons (Fsp3) is 0.343. The molecule has 7 heteroatoms. The highest BCUT2D eigenvalue weighted by Gasteiger charge is 2.31. The fourth-order valence-corrected chi connectivity index (χ4v) is 5.81. The molecule has 0 bridgehead atoms. The van der Waals surface area contributed by atoms with Crippen molar-refractivity contribution in [2.45, 2.75) is 45.4 Å². The van der Waals surface area contributed by atoms with Crippen LogP contribution in [0.1, 0.15) is 42.1 Å². The summed E-state index contributed by atoms with van der Waals surface area (Å²) in [6, 6.07) is 24.6. The number of ether oxygens (including phenoxy) is 4. The van der Waals surface area contributed by atoms with Gasteiger partial charge in [-0.1, -0.05) is 48.5 Å². The number of benzene rings is 4. The van der Waals surface area contributed by atoms with Gasteiger partial charge in [0.2, 0.25) is 5.91 Å². The third-order valence-electron chi connectivity index (χ3n) is 7.84. The molecule has 7 nitrogen and oxygen atoms in total. The van der Waals surface area contributed by atoms with Gasteiger partial charge in [0.25, 0.3) is 0 Å². The number of fused-ring (bicyclic) bond motifs is 2. The van der Waals surface area contributed by atoms with E-state index >= 15 is 0 Å². The highest BCUT2D eigenvalue weighted by Crippen LogP contribution is 2.40. The number of nitrogens with one attached hydrogen (secondary N) is 1. The first-order valence-corrected chi connectivity index (χ1v) is 14.5. The van der Waals surface area contributed by atoms with Crippen molar-refractivity contribution in [3.63, 3.8) is 0 Å². The van der Waals surface area contributed by atoms with E-state index in [1.165, 1.54) is 10.9 Å². The molecule has 0 spiro atoms. The zero-order chi connectivity index (χ0) is 29.6. The Morgan fingerprint density at radius 3 is 2.38 bits per heavy atom. The number of carbonyl (C=O) groups is 1. The van der Waals surface area contributed by atoms with Gasteiger partial charge in [-0.3, -0.25) is 9.69 Å². The predicted molar refractivity (Wildman–Crippen MR) is 166 cm³/mol. The number of methoxy groups -OCH3 is 3. The van der Waals surface area contributed by atoms with Gasteiger partial charge in [-0.05, 0) is 84.0 Å². The smallest absolute Gasteiger partial charge is 0.234 e. The Balaban J connectivity index is 1.42. The van der Waals surface area contributed by atoms with E-state index in [9.17, 15) is 4.79 Å². The number of hydrogen-bond donors (Lipinski definition) is 1. The zero-order valence-corrected chi connectivity index (χ0v) is 25.1. The highest BCUT2D eigenvalue weighted by molar-refractivity contribution is 5.86. The second kappa shape index (κ2) is 13.2. The van der Waals surface area contributed by atoms with E-state index in [2.05, 4.69) is 52.7 Å². The number of nitrogens with zero attached hydrogens (tertiary/aromatic N) is 1. The van der Waals surface area contributed by atoms with Gasteiger partial charge in [0.15, 0.2) is 23.0 Å². The molecule has 1 unspecified atom stereocenters. The van der Waals surface area contributed by atoms with Crippen LogP contribution in [0.15, 0.2) is 72.8 Å². The van der Waals surface area contributed by atoms with E-state index in [1.807, 2.05) is 44.2 Å². The van der Waals surface area contributed by atoms with Crippen LogP contribution in [0, 0.1) is 0 Å². The van der Waals surface area contributed by atoms with Gasteiger partial charge < -0.3 is 24.3 Å². The third kappa shape index (κ3) is 6.47. The Morgan fingerprint density at radius 2 is 1.62 bits per heavy atom. The summed E-state index contributed by atoms with van der Waals surface area (Å²) in [6.45, 7) is 5.53. The topological polar surface area (TPSA) is 69.3 Å². The molecular weight excluding hydrogens is 528 g/mol. The van der Waals surface area contributed by atoms with Crippen molar-refractivity contribution in [1.82, 2.24) is 10.2 Å². The number of amides is 1. The summed E-state index contributed by atoms with van der Waals surface area (Å²) in [7, 11) is 4.95. The van der Waals surface area contributed by atoms with Gasteiger partial charge in [0.05, 0.1) is 34.0 Å². The van der Waals surface area contributed by atoms with Crippen molar-refractivity contribution >= 4 is 16.7 Å². The standard InChI is InChI=1S/C35H40N2O5/c1-23(2)42-34-20-29-26(19-33(34)41-5)15-16-37(30(29)17-24-13-14-31(39-3)32(18-24)40-4)22-35(38)36-21-27-11-8-10-25-9-6-7-12-28(25)27/h6-14,18-20,23,30H,15-17,21-22H2,1-5H3,(H,36,38). The molecule has 4 aromatic rings. The van der Waals surface area contributed by atoms with Crippen LogP contribution in [-0.4, -0.2) is 51.3 Å². The molecule has 1 aliphatic rings. The molecule has 42 heavy (non-hydrogen) atoms. The van der Waals surface area contributed by atoms with Crippen molar-refractivity contribution in [3.8, 4) is 23.0 Å². The molecule has 1 heterocycles. The Morgan fingerprint density at radius 1 is 0.881 bits per heavy atom. The van der Waals surface area contributed by atoms with Gasteiger partial charge in [-0.15, -0.1) is 0 Å². The number of carbonyl (C=O) groups excluding carboxylic acids is 1. The molecular formula is C35H40N2O5. The molecule has 0 saturated heterocycles. The van der Waals surface area contributed by atoms with Gasteiger partial charge in [0, 0.05) is 19.1 Å². The molecule has 0 radical (unpaired) electrons. The molecule has 1 aliphatic heterocycles. The van der Waals surface area contributed by atoms with Crippen LogP contribution in [-0.2, 0) is 24.2 Å². The first kappa shape index (κ1) is 29.3. The first-order chi connectivity index (χ1) is 20.4. The van der Waals surface area contributed by atoms with Crippen molar-refractivity contribution in [3.05, 3.63) is 95.1 Å². The molecule has 0 aliphatic carbocycles. The molecule has 4 aromatic carbocycles. The summed E-state index contributed by atoms with van der Waals surface area (Å²) in [5.41, 5.74) is 4.55. The number of hydrogen-bond acceptors (Lipinski definition) is 6. The van der Waals surface area contributed by atoms with Crippen molar-refractivity contribution in [1.29, 1.82) is 0 Å². The minimum Gasteiger partial charge on any atom is -0.493 e. The average Bonchev–Trinajstić information content (AvgIpc) is 3.00. The van der Waals surface area contributed by atoms with Gasteiger partial charge >= 0.3 is 0 Å². The maximum atomic E-state index is 13.4. The normalized spacial score (nSPS) is 14.9. The maximum absolute atomic E-state index is 13.4. The Bertz CT molecular complexity index is 1540. The lowest BCUT2D eigenvalue weighted by Crippen LogP contribution is -2.43. The summed E-state index contributed by atoms with van der Waals surface area (Å²) in [5.74, 6) is 2.81. The van der Waals surface area contributed by atoms with Crippen LogP contribution in [0.3, 0.4) is 0 Å². The lowest BCUT2D eigenvalue weighted by molar-refractivity contribution is -0.123. The highest BCUT2D eigenvalue weighted by atomic mass is 16.5.